The van der Waals surface area contributed by atoms with Gasteiger partial charge in [-0.2, -0.15) is 10.2 Å². The molecule has 5 heteroatoms. The average molecular weight is 266 g/mol. The zero-order valence-corrected chi connectivity index (χ0v) is 12.6. The summed E-state index contributed by atoms with van der Waals surface area (Å²) in [6.45, 7) is 8.27. The molecule has 2 rings (SSSR count). The number of aryl methyl sites for hydroxylation is 2. The summed E-state index contributed by atoms with van der Waals surface area (Å²) in [4.78, 5) is 7.73. The van der Waals surface area contributed by atoms with Crippen LogP contribution in [0.2, 0.25) is 0 Å². The molecule has 1 saturated heterocycles. The first kappa shape index (κ1) is 14.5. The van der Waals surface area contributed by atoms with Gasteiger partial charge in [0.05, 0.1) is 19.3 Å². The molecule has 1 aliphatic rings. The highest BCUT2D eigenvalue weighted by molar-refractivity contribution is 5.06. The minimum absolute atomic E-state index is 0.670. The fourth-order valence-electron chi connectivity index (χ4n) is 2.80. The van der Waals surface area contributed by atoms with Gasteiger partial charge in [-0.05, 0) is 39.8 Å². The number of likely N-dealkylation sites (N-methyl/N-ethyl adjacent to an activating group) is 1. The highest BCUT2D eigenvalue weighted by Crippen LogP contribution is 2.15. The van der Waals surface area contributed by atoms with Gasteiger partial charge in [0.2, 0.25) is 0 Å². The van der Waals surface area contributed by atoms with Crippen LogP contribution in [-0.2, 0) is 11.4 Å². The number of aromatic nitrogens is 2. The summed E-state index contributed by atoms with van der Waals surface area (Å²) in [5.74, 6) is 0. The topological polar surface area (TPSA) is 33.5 Å². The van der Waals surface area contributed by atoms with Gasteiger partial charge in [-0.25, -0.2) is 0 Å². The first-order valence-corrected chi connectivity index (χ1v) is 7.10. The predicted octanol–water partition coefficient (Wildman–Crippen LogP) is 1.46. The van der Waals surface area contributed by atoms with Crippen LogP contribution in [0, 0.1) is 13.8 Å². The summed E-state index contributed by atoms with van der Waals surface area (Å²) < 4.78 is 2.11. The normalized spacial score (nSPS) is 18.4. The molecule has 0 radical (unpaired) electrons. The van der Waals surface area contributed by atoms with Crippen LogP contribution in [0.3, 0.4) is 0 Å². The zero-order chi connectivity index (χ0) is 13.8. The van der Waals surface area contributed by atoms with Crippen LogP contribution >= 0.6 is 0 Å². The monoisotopic (exact) mass is 266 g/mol. The lowest BCUT2D eigenvalue weighted by Gasteiger charge is -2.35. The van der Waals surface area contributed by atoms with Crippen molar-refractivity contribution in [3.05, 3.63) is 17.5 Å². The Balaban J connectivity index is 1.78. The molecule has 0 atom stereocenters. The van der Waals surface area contributed by atoms with Gasteiger partial charge in [-0.3, -0.25) is 4.68 Å². The van der Waals surface area contributed by atoms with Crippen LogP contribution in [0.5, 0.6) is 0 Å². The zero-order valence-electron chi connectivity index (χ0n) is 12.6. The van der Waals surface area contributed by atoms with Crippen LogP contribution in [0.15, 0.2) is 6.07 Å². The largest absolute Gasteiger partial charge is 0.302 e. The Morgan fingerprint density at radius 3 is 2.58 bits per heavy atom. The first-order valence-electron chi connectivity index (χ1n) is 7.10. The van der Waals surface area contributed by atoms with E-state index in [1.165, 1.54) is 18.5 Å². The van der Waals surface area contributed by atoms with E-state index in [0.717, 1.165) is 31.9 Å². The smallest absolute Gasteiger partial charge is 0.0596 e. The van der Waals surface area contributed by atoms with Gasteiger partial charge in [0.15, 0.2) is 0 Å². The maximum atomic E-state index is 5.27. The van der Waals surface area contributed by atoms with Gasteiger partial charge in [-0.1, -0.05) is 0 Å². The maximum absolute atomic E-state index is 5.27. The molecule has 0 bridgehead atoms. The minimum atomic E-state index is 0.670. The molecule has 0 amide bonds. The summed E-state index contributed by atoms with van der Waals surface area (Å²) >= 11 is 0. The van der Waals surface area contributed by atoms with E-state index in [9.17, 15) is 0 Å². The molecule has 2 heterocycles. The highest BCUT2D eigenvalue weighted by atomic mass is 16.7. The Bertz CT molecular complexity index is 396. The van der Waals surface area contributed by atoms with Crippen molar-refractivity contribution < 1.29 is 4.84 Å². The highest BCUT2D eigenvalue weighted by Gasteiger charge is 2.22. The fraction of sp³-hybridized carbons (Fsp3) is 0.786. The molecule has 1 aliphatic heterocycles. The predicted molar refractivity (Wildman–Crippen MR) is 75.9 cm³/mol. The van der Waals surface area contributed by atoms with Crippen molar-refractivity contribution >= 4 is 0 Å². The molecule has 1 fully saturated rings. The van der Waals surface area contributed by atoms with Gasteiger partial charge in [0.25, 0.3) is 0 Å². The van der Waals surface area contributed by atoms with E-state index >= 15 is 0 Å². The molecule has 19 heavy (non-hydrogen) atoms. The Hall–Kier alpha value is -0.910. The van der Waals surface area contributed by atoms with Gasteiger partial charge >= 0.3 is 0 Å². The Kier molecular flexibility index (Phi) is 4.96. The number of rotatable bonds is 5. The minimum Gasteiger partial charge on any atom is -0.302 e. The number of hydrogen-bond acceptors (Lipinski definition) is 4. The SMILES string of the molecule is CON1CCC(N(C)CCn2nc(C)cc2C)CC1. The van der Waals surface area contributed by atoms with Gasteiger partial charge < -0.3 is 9.74 Å². The molecule has 0 N–H and O–H groups in total. The summed E-state index contributed by atoms with van der Waals surface area (Å²) in [5, 5.41) is 6.56. The third kappa shape index (κ3) is 3.78. The summed E-state index contributed by atoms with van der Waals surface area (Å²) in [7, 11) is 3.98. The lowest BCUT2D eigenvalue weighted by Crippen LogP contribution is -2.43. The summed E-state index contributed by atoms with van der Waals surface area (Å²) in [5.41, 5.74) is 2.36. The van der Waals surface area contributed by atoms with Crippen LogP contribution in [0.25, 0.3) is 0 Å². The van der Waals surface area contributed by atoms with Crippen LogP contribution in [0.1, 0.15) is 24.2 Å². The van der Waals surface area contributed by atoms with Gasteiger partial charge in [-0.15, -0.1) is 0 Å². The van der Waals surface area contributed by atoms with E-state index in [1.54, 1.807) is 7.11 Å². The number of piperidine rings is 1. The Morgan fingerprint density at radius 2 is 2.05 bits per heavy atom. The molecule has 1 aromatic rings. The molecule has 5 nitrogen and oxygen atoms in total. The Labute approximate surface area is 116 Å². The molecule has 1 aromatic heterocycles. The van der Waals surface area contributed by atoms with Crippen molar-refractivity contribution in [2.75, 3.05) is 33.8 Å². The van der Waals surface area contributed by atoms with Gasteiger partial charge in [0.1, 0.15) is 0 Å². The van der Waals surface area contributed by atoms with Crippen LogP contribution in [0.4, 0.5) is 0 Å². The standard InChI is InChI=1S/C14H26N4O/c1-12-11-13(2)18(15-12)10-9-16(3)14-5-7-17(19-4)8-6-14/h11,14H,5-10H2,1-4H3. The quantitative estimate of drug-likeness (QED) is 0.808. The second-order valence-corrected chi connectivity index (χ2v) is 5.47. The summed E-state index contributed by atoms with van der Waals surface area (Å²) in [6, 6.07) is 2.81. The van der Waals surface area contributed by atoms with Crippen molar-refractivity contribution in [1.82, 2.24) is 19.7 Å². The molecule has 0 aromatic carbocycles. The third-order valence-corrected chi connectivity index (χ3v) is 4.07. The second kappa shape index (κ2) is 6.50. The van der Waals surface area contributed by atoms with Crippen molar-refractivity contribution in [3.63, 3.8) is 0 Å². The lowest BCUT2D eigenvalue weighted by molar-refractivity contribution is -0.149. The van der Waals surface area contributed by atoms with E-state index in [0.29, 0.717) is 6.04 Å². The van der Waals surface area contributed by atoms with E-state index in [1.807, 2.05) is 12.0 Å². The maximum Gasteiger partial charge on any atom is 0.0596 e. The molecule has 0 aliphatic carbocycles. The van der Waals surface area contributed by atoms with Crippen molar-refractivity contribution in [3.8, 4) is 0 Å². The Morgan fingerprint density at radius 1 is 1.37 bits per heavy atom. The third-order valence-electron chi connectivity index (χ3n) is 4.07. The van der Waals surface area contributed by atoms with Crippen molar-refractivity contribution in [1.29, 1.82) is 0 Å². The van der Waals surface area contributed by atoms with Gasteiger partial charge in [0, 0.05) is 31.4 Å². The van der Waals surface area contributed by atoms with E-state index < -0.39 is 0 Å². The first-order chi connectivity index (χ1) is 9.10. The molecular formula is C14H26N4O. The molecule has 0 unspecified atom stereocenters. The lowest BCUT2D eigenvalue weighted by atomic mass is 10.1. The van der Waals surface area contributed by atoms with Crippen molar-refractivity contribution in [2.45, 2.75) is 39.3 Å². The molecule has 0 spiro atoms. The van der Waals surface area contributed by atoms with Crippen LogP contribution < -0.4 is 0 Å². The van der Waals surface area contributed by atoms with Crippen LogP contribution in [-0.4, -0.2) is 59.6 Å². The second-order valence-electron chi connectivity index (χ2n) is 5.47. The summed E-state index contributed by atoms with van der Waals surface area (Å²) in [6.07, 6.45) is 2.36. The molecular weight excluding hydrogens is 240 g/mol. The fourth-order valence-corrected chi connectivity index (χ4v) is 2.80. The number of nitrogens with zero attached hydrogens (tertiary/aromatic N) is 4. The van der Waals surface area contributed by atoms with E-state index in [2.05, 4.69) is 34.7 Å². The van der Waals surface area contributed by atoms with E-state index in [4.69, 9.17) is 4.84 Å². The number of hydroxylamine groups is 2. The van der Waals surface area contributed by atoms with Crippen molar-refractivity contribution in [2.24, 2.45) is 0 Å². The van der Waals surface area contributed by atoms with E-state index in [-0.39, 0.29) is 0 Å². The molecule has 108 valence electrons. The molecule has 0 saturated carbocycles. The number of hydrogen-bond donors (Lipinski definition) is 0. The average Bonchev–Trinajstić information content (AvgIpc) is 2.74.